The Bertz CT molecular complexity index is 500. The third kappa shape index (κ3) is 3.35. The third-order valence-electron chi connectivity index (χ3n) is 4.23. The van der Waals surface area contributed by atoms with E-state index in [9.17, 15) is 9.50 Å². The summed E-state index contributed by atoms with van der Waals surface area (Å²) in [6, 6.07) is 4.34. The Balaban J connectivity index is 1.74. The van der Waals surface area contributed by atoms with Gasteiger partial charge in [0.2, 0.25) is 0 Å². The molecule has 3 rings (SSSR count). The van der Waals surface area contributed by atoms with Crippen LogP contribution in [0.25, 0.3) is 0 Å². The summed E-state index contributed by atoms with van der Waals surface area (Å²) in [7, 11) is 0. The number of thioether (sulfide) groups is 1. The van der Waals surface area contributed by atoms with Crippen LogP contribution in [0.4, 0.5) is 4.39 Å². The summed E-state index contributed by atoms with van der Waals surface area (Å²) in [5.41, 5.74) is 0.467. The average Bonchev–Trinajstić information content (AvgIpc) is 2.88. The first-order valence-electron chi connectivity index (χ1n) is 7.44. The summed E-state index contributed by atoms with van der Waals surface area (Å²) in [6.45, 7) is 2.33. The van der Waals surface area contributed by atoms with Gasteiger partial charge in [0, 0.05) is 24.2 Å². The Hall–Kier alpha value is -0.780. The molecule has 0 radical (unpaired) electrons. The second-order valence-corrected chi connectivity index (χ2v) is 7.03. The maximum atomic E-state index is 13.3. The molecule has 5 heteroatoms. The fraction of sp³-hybridized carbons (Fsp3) is 0.625. The van der Waals surface area contributed by atoms with E-state index in [4.69, 9.17) is 9.47 Å². The zero-order valence-electron chi connectivity index (χ0n) is 12.2. The van der Waals surface area contributed by atoms with Gasteiger partial charge in [0.1, 0.15) is 17.7 Å². The number of aliphatic hydroxyl groups is 1. The van der Waals surface area contributed by atoms with Crippen LogP contribution in [0.3, 0.4) is 0 Å². The van der Waals surface area contributed by atoms with Gasteiger partial charge in [0.05, 0.1) is 18.3 Å². The first kappa shape index (κ1) is 15.1. The number of hydrogen-bond donors (Lipinski definition) is 1. The molecule has 116 valence electrons. The van der Waals surface area contributed by atoms with Gasteiger partial charge in [-0.15, -0.1) is 0 Å². The topological polar surface area (TPSA) is 38.7 Å². The van der Waals surface area contributed by atoms with Crippen molar-refractivity contribution in [3.8, 4) is 5.75 Å². The molecule has 2 fully saturated rings. The van der Waals surface area contributed by atoms with Crippen molar-refractivity contribution in [3.05, 3.63) is 29.6 Å². The van der Waals surface area contributed by atoms with Crippen LogP contribution in [0.2, 0.25) is 0 Å². The molecular formula is C16H21FO3S. The van der Waals surface area contributed by atoms with E-state index in [1.165, 1.54) is 12.1 Å². The molecule has 2 heterocycles. The van der Waals surface area contributed by atoms with E-state index in [2.05, 4.69) is 0 Å². The molecule has 0 aliphatic carbocycles. The maximum absolute atomic E-state index is 13.3. The van der Waals surface area contributed by atoms with Crippen LogP contribution in [0.15, 0.2) is 18.2 Å². The van der Waals surface area contributed by atoms with Crippen LogP contribution >= 0.6 is 11.8 Å². The predicted molar refractivity (Wildman–Crippen MR) is 81.3 cm³/mol. The molecule has 0 aromatic heterocycles. The van der Waals surface area contributed by atoms with Crippen molar-refractivity contribution < 1.29 is 19.0 Å². The van der Waals surface area contributed by atoms with E-state index in [0.29, 0.717) is 17.9 Å². The van der Waals surface area contributed by atoms with Crippen molar-refractivity contribution in [1.29, 1.82) is 0 Å². The number of ether oxygens (including phenoxy) is 2. The lowest BCUT2D eigenvalue weighted by atomic mass is 9.91. The Labute approximate surface area is 128 Å². The molecule has 2 aliphatic heterocycles. The highest BCUT2D eigenvalue weighted by molar-refractivity contribution is 7.99. The Kier molecular flexibility index (Phi) is 4.43. The van der Waals surface area contributed by atoms with Gasteiger partial charge < -0.3 is 14.6 Å². The van der Waals surface area contributed by atoms with Gasteiger partial charge in [-0.05, 0) is 37.3 Å². The summed E-state index contributed by atoms with van der Waals surface area (Å²) in [5, 5.41) is 9.79. The molecular weight excluding hydrogens is 291 g/mol. The number of hydrogen-bond acceptors (Lipinski definition) is 4. The van der Waals surface area contributed by atoms with Gasteiger partial charge in [-0.25, -0.2) is 4.39 Å². The van der Waals surface area contributed by atoms with Crippen molar-refractivity contribution in [2.24, 2.45) is 0 Å². The Morgan fingerprint density at radius 1 is 1.52 bits per heavy atom. The van der Waals surface area contributed by atoms with E-state index in [1.807, 2.05) is 11.8 Å². The first-order valence-corrected chi connectivity index (χ1v) is 8.59. The molecule has 0 saturated carbocycles. The van der Waals surface area contributed by atoms with Gasteiger partial charge in [-0.2, -0.15) is 11.8 Å². The fourth-order valence-corrected chi connectivity index (χ4v) is 4.46. The predicted octanol–water partition coefficient (Wildman–Crippen LogP) is 3.31. The lowest BCUT2D eigenvalue weighted by Crippen LogP contribution is -2.43. The van der Waals surface area contributed by atoms with E-state index in [-0.39, 0.29) is 17.5 Å². The van der Waals surface area contributed by atoms with Crippen LogP contribution in [-0.2, 0) is 4.74 Å². The van der Waals surface area contributed by atoms with Crippen molar-refractivity contribution in [2.45, 2.75) is 44.0 Å². The van der Waals surface area contributed by atoms with Crippen LogP contribution in [-0.4, -0.2) is 34.9 Å². The zero-order valence-corrected chi connectivity index (χ0v) is 13.0. The SMILES string of the molecule is CC(O)c1cc(F)ccc1OC1CCOC2(CCSC2)C1. The van der Waals surface area contributed by atoms with E-state index in [0.717, 1.165) is 30.8 Å². The van der Waals surface area contributed by atoms with Crippen molar-refractivity contribution in [1.82, 2.24) is 0 Å². The quantitative estimate of drug-likeness (QED) is 0.929. The molecule has 2 saturated heterocycles. The van der Waals surface area contributed by atoms with Crippen LogP contribution in [0.5, 0.6) is 5.75 Å². The van der Waals surface area contributed by atoms with Crippen LogP contribution < -0.4 is 4.74 Å². The molecule has 0 bridgehead atoms. The molecule has 2 aliphatic rings. The molecule has 3 unspecified atom stereocenters. The standard InChI is InChI=1S/C16H21FO3S/c1-11(18)14-8-12(17)2-3-15(14)20-13-4-6-19-16(9-13)5-7-21-10-16/h2-3,8,11,13,18H,4-7,9-10H2,1H3. The smallest absolute Gasteiger partial charge is 0.125 e. The lowest BCUT2D eigenvalue weighted by molar-refractivity contribution is -0.0962. The highest BCUT2D eigenvalue weighted by Gasteiger charge is 2.41. The van der Waals surface area contributed by atoms with Gasteiger partial charge in [-0.3, -0.25) is 0 Å². The largest absolute Gasteiger partial charge is 0.490 e. The number of benzene rings is 1. The first-order chi connectivity index (χ1) is 10.1. The third-order valence-corrected chi connectivity index (χ3v) is 5.45. The zero-order chi connectivity index (χ0) is 14.9. The molecule has 21 heavy (non-hydrogen) atoms. The normalized spacial score (nSPS) is 30.5. The summed E-state index contributed by atoms with van der Waals surface area (Å²) in [4.78, 5) is 0. The van der Waals surface area contributed by atoms with E-state index >= 15 is 0 Å². The summed E-state index contributed by atoms with van der Waals surface area (Å²) in [6.07, 6.45) is 2.11. The highest BCUT2D eigenvalue weighted by atomic mass is 32.2. The lowest BCUT2D eigenvalue weighted by Gasteiger charge is -2.38. The number of halogens is 1. The minimum atomic E-state index is -0.744. The molecule has 0 amide bonds. The molecule has 1 N–H and O–H groups in total. The highest BCUT2D eigenvalue weighted by Crippen LogP contribution is 2.40. The number of aliphatic hydroxyl groups excluding tert-OH is 1. The van der Waals surface area contributed by atoms with Crippen LogP contribution in [0, 0.1) is 5.82 Å². The van der Waals surface area contributed by atoms with Gasteiger partial charge in [0.25, 0.3) is 0 Å². The molecule has 3 atom stereocenters. The average molecular weight is 312 g/mol. The summed E-state index contributed by atoms with van der Waals surface area (Å²) < 4.78 is 25.4. The molecule has 1 aromatic rings. The number of rotatable bonds is 3. The van der Waals surface area contributed by atoms with Crippen molar-refractivity contribution >= 4 is 11.8 Å². The van der Waals surface area contributed by atoms with Gasteiger partial charge in [-0.1, -0.05) is 0 Å². The van der Waals surface area contributed by atoms with E-state index in [1.54, 1.807) is 13.0 Å². The fourth-order valence-electron chi connectivity index (χ4n) is 3.08. The van der Waals surface area contributed by atoms with Crippen molar-refractivity contribution in [2.75, 3.05) is 18.1 Å². The Morgan fingerprint density at radius 3 is 3.10 bits per heavy atom. The molecule has 1 spiro atoms. The Morgan fingerprint density at radius 2 is 2.38 bits per heavy atom. The summed E-state index contributed by atoms with van der Waals surface area (Å²) >= 11 is 1.93. The maximum Gasteiger partial charge on any atom is 0.125 e. The minimum absolute atomic E-state index is 0.0430. The molecule has 3 nitrogen and oxygen atoms in total. The van der Waals surface area contributed by atoms with Gasteiger partial charge in [0.15, 0.2) is 0 Å². The monoisotopic (exact) mass is 312 g/mol. The molecule has 1 aromatic carbocycles. The van der Waals surface area contributed by atoms with Gasteiger partial charge >= 0.3 is 0 Å². The second-order valence-electron chi connectivity index (χ2n) is 5.92. The second kappa shape index (κ2) is 6.15. The summed E-state index contributed by atoms with van der Waals surface area (Å²) in [5.74, 6) is 2.40. The van der Waals surface area contributed by atoms with E-state index < -0.39 is 6.10 Å². The van der Waals surface area contributed by atoms with Crippen molar-refractivity contribution in [3.63, 3.8) is 0 Å². The van der Waals surface area contributed by atoms with Crippen LogP contribution in [0.1, 0.15) is 37.9 Å². The minimum Gasteiger partial charge on any atom is -0.490 e.